The fraction of sp³-hybridized carbons (Fsp3) is 0.625. The van der Waals surface area contributed by atoms with Gasteiger partial charge >= 0.3 is 0 Å². The van der Waals surface area contributed by atoms with Crippen LogP contribution < -0.4 is 10.1 Å². The number of hydrogen-bond donors (Lipinski definition) is 2. The maximum atomic E-state index is 13.4. The molecule has 1 aromatic rings. The van der Waals surface area contributed by atoms with Crippen molar-refractivity contribution in [3.05, 3.63) is 22.7 Å². The Morgan fingerprint density at radius 1 is 1.39 bits per heavy atom. The summed E-state index contributed by atoms with van der Waals surface area (Å²) < 4.78 is 5.33. The number of methoxy groups -OCH3 is 1. The van der Waals surface area contributed by atoms with Gasteiger partial charge in [-0.3, -0.25) is 4.79 Å². The van der Waals surface area contributed by atoms with Gasteiger partial charge < -0.3 is 20.4 Å². The minimum Gasteiger partial charge on any atom is -0.495 e. The van der Waals surface area contributed by atoms with Gasteiger partial charge in [0.05, 0.1) is 23.6 Å². The fourth-order valence-corrected chi connectivity index (χ4v) is 6.93. The van der Waals surface area contributed by atoms with Crippen LogP contribution in [-0.2, 0) is 4.79 Å². The van der Waals surface area contributed by atoms with E-state index < -0.39 is 0 Å². The van der Waals surface area contributed by atoms with Crippen LogP contribution in [0.3, 0.4) is 0 Å². The molecule has 0 spiro atoms. The summed E-state index contributed by atoms with van der Waals surface area (Å²) in [5, 5.41) is 22.1. The Balaban J connectivity index is 1.53. The third-order valence-electron chi connectivity index (χ3n) is 7.63. The molecule has 2 saturated heterocycles. The lowest BCUT2D eigenvalue weighted by Crippen LogP contribution is -2.65. The van der Waals surface area contributed by atoms with E-state index in [0.717, 1.165) is 37.8 Å². The number of hydrogen-bond acceptors (Lipinski definition) is 5. The van der Waals surface area contributed by atoms with E-state index in [2.05, 4.69) is 23.2 Å². The van der Waals surface area contributed by atoms with E-state index >= 15 is 0 Å². The highest BCUT2D eigenvalue weighted by molar-refractivity contribution is 6.36. The van der Waals surface area contributed by atoms with Gasteiger partial charge in [0.25, 0.3) is 0 Å². The normalized spacial score (nSPS) is 31.8. The summed E-state index contributed by atoms with van der Waals surface area (Å²) in [7, 11) is 3.34. The number of ether oxygens (including phenoxy) is 1. The van der Waals surface area contributed by atoms with E-state index in [1.165, 1.54) is 0 Å². The van der Waals surface area contributed by atoms with Gasteiger partial charge in [0, 0.05) is 48.4 Å². The molecule has 3 atom stereocenters. The molecule has 4 fully saturated rings. The first kappa shape index (κ1) is 22.0. The first-order valence-electron chi connectivity index (χ1n) is 11.0. The number of piperidine rings is 2. The summed E-state index contributed by atoms with van der Waals surface area (Å²) in [5.74, 6) is 0.313. The lowest BCUT2D eigenvalue weighted by atomic mass is 9.50. The second-order valence-corrected chi connectivity index (χ2v) is 10.5. The lowest BCUT2D eigenvalue weighted by Gasteiger charge is -2.63. The van der Waals surface area contributed by atoms with Crippen molar-refractivity contribution in [1.82, 2.24) is 4.90 Å². The van der Waals surface area contributed by atoms with E-state index in [-0.39, 0.29) is 41.2 Å². The van der Waals surface area contributed by atoms with E-state index in [4.69, 9.17) is 21.7 Å². The number of amides is 1. The number of benzene rings is 1. The molecule has 4 aliphatic rings. The van der Waals surface area contributed by atoms with Gasteiger partial charge in [0.2, 0.25) is 5.91 Å². The van der Waals surface area contributed by atoms with Gasteiger partial charge in [-0.15, -0.1) is 0 Å². The molecule has 1 amide bonds. The van der Waals surface area contributed by atoms with E-state index in [0.29, 0.717) is 22.0 Å². The summed E-state index contributed by atoms with van der Waals surface area (Å²) in [6.45, 7) is 4.19. The highest BCUT2D eigenvalue weighted by Crippen LogP contribution is 2.61. The van der Waals surface area contributed by atoms with Crippen molar-refractivity contribution >= 4 is 28.9 Å². The molecule has 2 heterocycles. The molecule has 4 bridgehead atoms. The molecule has 1 aromatic carbocycles. The Morgan fingerprint density at radius 3 is 2.58 bits per heavy atom. The minimum atomic E-state index is -0.290. The summed E-state index contributed by atoms with van der Waals surface area (Å²) in [6, 6.07) is 6.50. The smallest absolute Gasteiger partial charge is 0.223 e. The van der Waals surface area contributed by atoms with Gasteiger partial charge in [-0.05, 0) is 49.7 Å². The van der Waals surface area contributed by atoms with Crippen LogP contribution in [0.1, 0.15) is 57.9 Å². The molecule has 0 aromatic heterocycles. The second-order valence-electron chi connectivity index (χ2n) is 10.1. The van der Waals surface area contributed by atoms with Crippen molar-refractivity contribution < 1.29 is 9.53 Å². The molecule has 2 aliphatic carbocycles. The molecule has 31 heavy (non-hydrogen) atoms. The predicted molar refractivity (Wildman–Crippen MR) is 122 cm³/mol. The van der Waals surface area contributed by atoms with Crippen molar-refractivity contribution in [2.75, 3.05) is 19.5 Å². The summed E-state index contributed by atoms with van der Waals surface area (Å²) in [4.78, 5) is 15.5. The zero-order valence-electron chi connectivity index (χ0n) is 18.7. The number of carbonyl (C=O) groups excluding carboxylic acids is 1. The van der Waals surface area contributed by atoms with Crippen LogP contribution in [0.25, 0.3) is 0 Å². The molecule has 166 valence electrons. The lowest BCUT2D eigenvalue weighted by molar-refractivity contribution is -0.163. The van der Waals surface area contributed by atoms with Crippen molar-refractivity contribution in [2.45, 2.75) is 64.5 Å². The number of nitrogens with zero attached hydrogens (tertiary/aromatic N) is 2. The Morgan fingerprint density at radius 2 is 2.03 bits per heavy atom. The van der Waals surface area contributed by atoms with E-state index in [1.54, 1.807) is 20.2 Å². The standard InChI is InChI=1S/C24H31ClN4O2/c1-14(22(27)20-17(28-3)5-6-18(31-4)21(20)25)7-19(30)29-15-8-23(2)9-16(29)11-24(10-15,12-23)13-26/h5-6,14-16,27-28H,7-12H2,1-4H3. The maximum Gasteiger partial charge on any atom is 0.223 e. The number of rotatable bonds is 6. The number of halogens is 1. The molecule has 2 N–H and O–H groups in total. The predicted octanol–water partition coefficient (Wildman–Crippen LogP) is 4.86. The Labute approximate surface area is 189 Å². The third-order valence-corrected chi connectivity index (χ3v) is 8.00. The van der Waals surface area contributed by atoms with Gasteiger partial charge in [-0.25, -0.2) is 0 Å². The molecule has 0 radical (unpaired) electrons. The molecule has 2 saturated carbocycles. The Hall–Kier alpha value is -2.26. The summed E-state index contributed by atoms with van der Waals surface area (Å²) >= 11 is 6.53. The SMILES string of the molecule is CNc1ccc(OC)c(Cl)c1C(=N)C(C)CC(=O)N1C2CC3(C)CC1CC(C#N)(C2)C3. The van der Waals surface area contributed by atoms with Gasteiger partial charge in [0.1, 0.15) is 5.75 Å². The van der Waals surface area contributed by atoms with Gasteiger partial charge in [-0.2, -0.15) is 5.26 Å². The number of anilines is 1. The van der Waals surface area contributed by atoms with Crippen LogP contribution in [0.15, 0.2) is 12.1 Å². The molecule has 5 rings (SSSR count). The van der Waals surface area contributed by atoms with E-state index in [9.17, 15) is 10.1 Å². The first-order valence-corrected chi connectivity index (χ1v) is 11.4. The van der Waals surface area contributed by atoms with Crippen LogP contribution in [0.2, 0.25) is 5.02 Å². The highest BCUT2D eigenvalue weighted by Gasteiger charge is 2.60. The summed E-state index contributed by atoms with van der Waals surface area (Å²) in [6.07, 6.45) is 4.77. The molecule has 2 aliphatic heterocycles. The van der Waals surface area contributed by atoms with Crippen molar-refractivity contribution in [2.24, 2.45) is 16.7 Å². The van der Waals surface area contributed by atoms with Crippen LogP contribution in [0.4, 0.5) is 5.69 Å². The highest BCUT2D eigenvalue weighted by atomic mass is 35.5. The average Bonchev–Trinajstić information content (AvgIpc) is 2.71. The molecule has 3 unspecified atom stereocenters. The number of nitriles is 1. The van der Waals surface area contributed by atoms with Crippen LogP contribution >= 0.6 is 11.6 Å². The van der Waals surface area contributed by atoms with E-state index in [1.807, 2.05) is 13.0 Å². The van der Waals surface area contributed by atoms with Crippen molar-refractivity contribution in [3.8, 4) is 11.8 Å². The molecule has 6 nitrogen and oxygen atoms in total. The maximum absolute atomic E-state index is 13.4. The second kappa shape index (κ2) is 7.70. The van der Waals surface area contributed by atoms with Crippen molar-refractivity contribution in [3.63, 3.8) is 0 Å². The molecular formula is C24H31ClN4O2. The van der Waals surface area contributed by atoms with Crippen molar-refractivity contribution in [1.29, 1.82) is 10.7 Å². The number of nitrogens with one attached hydrogen (secondary N) is 2. The topological polar surface area (TPSA) is 89.2 Å². The Kier molecular flexibility index (Phi) is 5.46. The van der Waals surface area contributed by atoms with Gasteiger partial charge in [0.15, 0.2) is 0 Å². The largest absolute Gasteiger partial charge is 0.495 e. The first-order chi connectivity index (χ1) is 14.7. The fourth-order valence-electron chi connectivity index (χ4n) is 6.59. The molecular weight excluding hydrogens is 412 g/mol. The minimum absolute atomic E-state index is 0.0905. The van der Waals surface area contributed by atoms with Crippen LogP contribution in [0.5, 0.6) is 5.75 Å². The monoisotopic (exact) mass is 442 g/mol. The quantitative estimate of drug-likeness (QED) is 0.616. The Bertz CT molecular complexity index is 953. The van der Waals surface area contributed by atoms with Gasteiger partial charge in [-0.1, -0.05) is 25.4 Å². The van der Waals surface area contributed by atoms with Crippen LogP contribution in [0, 0.1) is 33.5 Å². The third kappa shape index (κ3) is 3.57. The summed E-state index contributed by atoms with van der Waals surface area (Å²) in [5.41, 5.74) is 1.57. The molecule has 7 heteroatoms. The van der Waals surface area contributed by atoms with Crippen LogP contribution in [-0.4, -0.2) is 42.8 Å². The average molecular weight is 443 g/mol. The number of carbonyl (C=O) groups is 1. The zero-order valence-corrected chi connectivity index (χ0v) is 19.5. The zero-order chi connectivity index (χ0) is 22.6.